The number of anilines is 1. The number of hydrogen-bond donors (Lipinski definition) is 0. The molecule has 0 fully saturated rings. The summed E-state index contributed by atoms with van der Waals surface area (Å²) in [4.78, 5) is 4.53. The summed E-state index contributed by atoms with van der Waals surface area (Å²) in [6.07, 6.45) is 0. The van der Waals surface area contributed by atoms with Crippen molar-refractivity contribution in [3.8, 4) is 22.8 Å². The van der Waals surface area contributed by atoms with E-state index in [4.69, 9.17) is 4.52 Å². The molecule has 0 N–H and O–H groups in total. The van der Waals surface area contributed by atoms with Crippen molar-refractivity contribution in [2.24, 2.45) is 0 Å². The molecule has 0 unspecified atom stereocenters. The van der Waals surface area contributed by atoms with Crippen molar-refractivity contribution < 1.29 is 12.9 Å². The van der Waals surface area contributed by atoms with E-state index in [0.717, 1.165) is 16.7 Å². The minimum absolute atomic E-state index is 0.106. The summed E-state index contributed by atoms with van der Waals surface area (Å²) in [5, 5.41) is 4.02. The Kier molecular flexibility index (Phi) is 5.13. The highest BCUT2D eigenvalue weighted by atomic mass is 32.2. The standard InChI is InChI=1S/C23H21N3O3S/c1-16-13-14-19(15-17(16)2)26(3)30(27,28)21-12-8-7-11-20(21)23-24-22(25-29-23)18-9-5-4-6-10-18/h4-15H,1-3H3. The zero-order chi connectivity index (χ0) is 21.3. The van der Waals surface area contributed by atoms with E-state index in [9.17, 15) is 8.42 Å². The molecule has 0 radical (unpaired) electrons. The Morgan fingerprint density at radius 2 is 1.57 bits per heavy atom. The SMILES string of the molecule is Cc1ccc(N(C)S(=O)(=O)c2ccccc2-c2nc(-c3ccccc3)no2)cc1C. The van der Waals surface area contributed by atoms with Gasteiger partial charge in [-0.3, -0.25) is 4.31 Å². The predicted octanol–water partition coefficient (Wildman–Crippen LogP) is 4.85. The van der Waals surface area contributed by atoms with Gasteiger partial charge in [0.1, 0.15) is 4.90 Å². The number of hydrogen-bond acceptors (Lipinski definition) is 5. The third-order valence-electron chi connectivity index (χ3n) is 5.07. The molecule has 0 atom stereocenters. The third-order valence-corrected chi connectivity index (χ3v) is 6.91. The topological polar surface area (TPSA) is 76.3 Å². The lowest BCUT2D eigenvalue weighted by atomic mass is 10.1. The summed E-state index contributed by atoms with van der Waals surface area (Å²) in [5.74, 6) is 0.557. The van der Waals surface area contributed by atoms with Crippen LogP contribution in [0.5, 0.6) is 0 Å². The normalized spacial score (nSPS) is 11.4. The van der Waals surface area contributed by atoms with Crippen LogP contribution in [0.4, 0.5) is 5.69 Å². The van der Waals surface area contributed by atoms with Crippen molar-refractivity contribution in [3.05, 3.63) is 83.9 Å². The van der Waals surface area contributed by atoms with Crippen molar-refractivity contribution >= 4 is 15.7 Å². The van der Waals surface area contributed by atoms with Gasteiger partial charge in [0.05, 0.1) is 11.3 Å². The van der Waals surface area contributed by atoms with Crippen LogP contribution in [-0.4, -0.2) is 25.6 Å². The Bertz CT molecular complexity index is 1300. The number of aromatic nitrogens is 2. The van der Waals surface area contributed by atoms with Gasteiger partial charge in [-0.25, -0.2) is 8.42 Å². The molecule has 0 aliphatic heterocycles. The molecule has 152 valence electrons. The maximum absolute atomic E-state index is 13.4. The highest BCUT2D eigenvalue weighted by Gasteiger charge is 2.27. The fraction of sp³-hybridized carbons (Fsp3) is 0.130. The second-order valence-electron chi connectivity index (χ2n) is 7.03. The monoisotopic (exact) mass is 419 g/mol. The van der Waals surface area contributed by atoms with Gasteiger partial charge in [-0.05, 0) is 49.2 Å². The van der Waals surface area contributed by atoms with Crippen LogP contribution in [-0.2, 0) is 10.0 Å². The summed E-state index contributed by atoms with van der Waals surface area (Å²) < 4.78 is 33.6. The van der Waals surface area contributed by atoms with Crippen molar-refractivity contribution in [2.45, 2.75) is 18.7 Å². The van der Waals surface area contributed by atoms with Gasteiger partial charge in [-0.15, -0.1) is 0 Å². The summed E-state index contributed by atoms with van der Waals surface area (Å²) in [5.41, 5.74) is 3.86. The van der Waals surface area contributed by atoms with E-state index in [-0.39, 0.29) is 10.8 Å². The van der Waals surface area contributed by atoms with Crippen LogP contribution in [0.15, 0.2) is 82.2 Å². The molecule has 1 heterocycles. The minimum atomic E-state index is -3.85. The van der Waals surface area contributed by atoms with E-state index < -0.39 is 10.0 Å². The molecule has 30 heavy (non-hydrogen) atoms. The maximum Gasteiger partial charge on any atom is 0.264 e. The molecule has 0 bridgehead atoms. The van der Waals surface area contributed by atoms with E-state index in [0.29, 0.717) is 17.1 Å². The highest BCUT2D eigenvalue weighted by Crippen LogP contribution is 2.31. The van der Waals surface area contributed by atoms with E-state index in [1.54, 1.807) is 37.4 Å². The first kappa shape index (κ1) is 19.8. The van der Waals surface area contributed by atoms with Gasteiger partial charge in [0.25, 0.3) is 15.9 Å². The molecule has 0 aliphatic carbocycles. The van der Waals surface area contributed by atoms with E-state index in [1.165, 1.54) is 4.31 Å². The lowest BCUT2D eigenvalue weighted by Gasteiger charge is -2.21. The Morgan fingerprint density at radius 1 is 0.867 bits per heavy atom. The minimum Gasteiger partial charge on any atom is -0.334 e. The summed E-state index contributed by atoms with van der Waals surface area (Å²) in [6, 6.07) is 21.6. The molecule has 7 heteroatoms. The van der Waals surface area contributed by atoms with Crippen LogP contribution in [0, 0.1) is 13.8 Å². The van der Waals surface area contributed by atoms with Crippen LogP contribution in [0.3, 0.4) is 0 Å². The third kappa shape index (κ3) is 3.59. The van der Waals surface area contributed by atoms with Gasteiger partial charge in [0.2, 0.25) is 5.82 Å². The molecular formula is C23H21N3O3S. The smallest absolute Gasteiger partial charge is 0.264 e. The zero-order valence-electron chi connectivity index (χ0n) is 16.9. The first-order chi connectivity index (χ1) is 14.4. The van der Waals surface area contributed by atoms with Gasteiger partial charge >= 0.3 is 0 Å². The average molecular weight is 420 g/mol. The second kappa shape index (κ2) is 7.76. The van der Waals surface area contributed by atoms with Crippen molar-refractivity contribution in [1.29, 1.82) is 0 Å². The second-order valence-corrected chi connectivity index (χ2v) is 8.96. The quantitative estimate of drug-likeness (QED) is 0.462. The number of aryl methyl sites for hydroxylation is 2. The molecular weight excluding hydrogens is 398 g/mol. The molecule has 0 amide bonds. The number of sulfonamides is 1. The van der Waals surface area contributed by atoms with Crippen LogP contribution in [0.1, 0.15) is 11.1 Å². The van der Waals surface area contributed by atoms with Gasteiger partial charge in [0.15, 0.2) is 0 Å². The molecule has 0 saturated carbocycles. The van der Waals surface area contributed by atoms with Gasteiger partial charge < -0.3 is 4.52 Å². The van der Waals surface area contributed by atoms with Gasteiger partial charge in [-0.2, -0.15) is 4.98 Å². The summed E-state index contributed by atoms with van der Waals surface area (Å²) in [7, 11) is -2.31. The van der Waals surface area contributed by atoms with E-state index in [2.05, 4.69) is 10.1 Å². The van der Waals surface area contributed by atoms with Crippen molar-refractivity contribution in [2.75, 3.05) is 11.4 Å². The first-order valence-corrected chi connectivity index (χ1v) is 10.9. The molecule has 4 aromatic rings. The molecule has 0 saturated heterocycles. The largest absolute Gasteiger partial charge is 0.334 e. The summed E-state index contributed by atoms with van der Waals surface area (Å²) in [6.45, 7) is 3.94. The van der Waals surface area contributed by atoms with Crippen LogP contribution in [0.25, 0.3) is 22.8 Å². The fourth-order valence-electron chi connectivity index (χ4n) is 3.11. The zero-order valence-corrected chi connectivity index (χ0v) is 17.7. The fourth-order valence-corrected chi connectivity index (χ4v) is 4.48. The lowest BCUT2D eigenvalue weighted by Crippen LogP contribution is -2.27. The van der Waals surface area contributed by atoms with Crippen molar-refractivity contribution in [3.63, 3.8) is 0 Å². The van der Waals surface area contributed by atoms with Crippen LogP contribution in [0.2, 0.25) is 0 Å². The number of rotatable bonds is 5. The van der Waals surface area contributed by atoms with Crippen LogP contribution < -0.4 is 4.31 Å². The summed E-state index contributed by atoms with van der Waals surface area (Å²) >= 11 is 0. The van der Waals surface area contributed by atoms with E-state index in [1.807, 2.05) is 56.3 Å². The highest BCUT2D eigenvalue weighted by molar-refractivity contribution is 7.93. The molecule has 6 nitrogen and oxygen atoms in total. The Morgan fingerprint density at radius 3 is 2.30 bits per heavy atom. The molecule has 3 aromatic carbocycles. The maximum atomic E-state index is 13.4. The van der Waals surface area contributed by atoms with E-state index >= 15 is 0 Å². The van der Waals surface area contributed by atoms with Gasteiger partial charge in [-0.1, -0.05) is 53.7 Å². The molecule has 0 spiro atoms. The predicted molar refractivity (Wildman–Crippen MR) is 117 cm³/mol. The lowest BCUT2D eigenvalue weighted by molar-refractivity contribution is 0.431. The average Bonchev–Trinajstić information content (AvgIpc) is 3.26. The number of benzene rings is 3. The Hall–Kier alpha value is -3.45. The number of nitrogens with zero attached hydrogens (tertiary/aromatic N) is 3. The first-order valence-electron chi connectivity index (χ1n) is 9.42. The molecule has 0 aliphatic rings. The Labute approximate surface area is 175 Å². The van der Waals surface area contributed by atoms with Crippen molar-refractivity contribution in [1.82, 2.24) is 10.1 Å². The molecule has 1 aromatic heterocycles. The van der Waals surface area contributed by atoms with Gasteiger partial charge in [0, 0.05) is 12.6 Å². The Balaban J connectivity index is 1.76. The molecule has 4 rings (SSSR count). The van der Waals surface area contributed by atoms with Crippen LogP contribution >= 0.6 is 0 Å².